The molecule has 0 saturated carbocycles. The first-order valence-corrected chi connectivity index (χ1v) is 7.13. The summed E-state index contributed by atoms with van der Waals surface area (Å²) < 4.78 is 0. The van der Waals surface area contributed by atoms with Gasteiger partial charge in [-0.15, -0.1) is 0 Å². The Morgan fingerprint density at radius 2 is 1.85 bits per heavy atom. The van der Waals surface area contributed by atoms with Crippen LogP contribution in [0.5, 0.6) is 0 Å². The van der Waals surface area contributed by atoms with Crippen molar-refractivity contribution >= 4 is 11.4 Å². The van der Waals surface area contributed by atoms with Gasteiger partial charge in [-0.05, 0) is 32.0 Å². The largest absolute Gasteiger partial charge is 0.363 e. The highest BCUT2D eigenvalue weighted by atomic mass is 16.6. The molecule has 20 heavy (non-hydrogen) atoms. The summed E-state index contributed by atoms with van der Waals surface area (Å²) >= 11 is 0. The van der Waals surface area contributed by atoms with Gasteiger partial charge in [0.05, 0.1) is 4.92 Å². The molecule has 0 bridgehead atoms. The Hall–Kier alpha value is -1.66. The molecule has 2 N–H and O–H groups in total. The molecule has 0 radical (unpaired) electrons. The van der Waals surface area contributed by atoms with Crippen molar-refractivity contribution in [2.75, 3.05) is 44.2 Å². The van der Waals surface area contributed by atoms with Crippen LogP contribution in [-0.2, 0) is 0 Å². The van der Waals surface area contributed by atoms with Crippen molar-refractivity contribution in [1.82, 2.24) is 4.90 Å². The summed E-state index contributed by atoms with van der Waals surface area (Å²) in [4.78, 5) is 15.3. The minimum absolute atomic E-state index is 0.198. The van der Waals surface area contributed by atoms with Gasteiger partial charge < -0.3 is 10.6 Å². The summed E-state index contributed by atoms with van der Waals surface area (Å²) in [5.74, 6) is 0. The van der Waals surface area contributed by atoms with E-state index in [1.807, 2.05) is 12.1 Å². The Morgan fingerprint density at radius 3 is 2.50 bits per heavy atom. The maximum atomic E-state index is 11.1. The van der Waals surface area contributed by atoms with E-state index in [4.69, 9.17) is 5.73 Å². The Labute approximate surface area is 119 Å². The van der Waals surface area contributed by atoms with E-state index in [9.17, 15) is 10.1 Å². The van der Waals surface area contributed by atoms with Crippen LogP contribution in [0, 0.1) is 10.1 Å². The number of unbranched alkanes of at least 4 members (excludes halogenated alkanes) is 1. The maximum Gasteiger partial charge on any atom is 0.292 e. The second-order valence-corrected chi connectivity index (χ2v) is 5.07. The number of nitro benzene ring substituents is 1. The first-order chi connectivity index (χ1) is 9.72. The van der Waals surface area contributed by atoms with Crippen LogP contribution in [0.3, 0.4) is 0 Å². The van der Waals surface area contributed by atoms with Crippen molar-refractivity contribution in [2.24, 2.45) is 5.73 Å². The van der Waals surface area contributed by atoms with Crippen molar-refractivity contribution in [3.63, 3.8) is 0 Å². The third-order valence-corrected chi connectivity index (χ3v) is 3.72. The number of anilines is 1. The smallest absolute Gasteiger partial charge is 0.292 e. The van der Waals surface area contributed by atoms with E-state index in [1.54, 1.807) is 12.1 Å². The van der Waals surface area contributed by atoms with E-state index in [2.05, 4.69) is 9.80 Å². The molecule has 0 amide bonds. The average Bonchev–Trinajstić information content (AvgIpc) is 2.48. The maximum absolute atomic E-state index is 11.1. The molecule has 1 fully saturated rings. The molecule has 0 aromatic heterocycles. The topological polar surface area (TPSA) is 75.6 Å². The number of benzene rings is 1. The van der Waals surface area contributed by atoms with Crippen molar-refractivity contribution in [1.29, 1.82) is 0 Å². The monoisotopic (exact) mass is 278 g/mol. The Kier molecular flexibility index (Phi) is 5.31. The Balaban J connectivity index is 1.92. The number of nitrogens with two attached hydrogens (primary N) is 1. The Bertz CT molecular complexity index is 445. The lowest BCUT2D eigenvalue weighted by Gasteiger charge is -2.35. The lowest BCUT2D eigenvalue weighted by Crippen LogP contribution is -2.46. The normalized spacial score (nSPS) is 16.4. The van der Waals surface area contributed by atoms with Crippen LogP contribution in [0.2, 0.25) is 0 Å². The highest BCUT2D eigenvalue weighted by Crippen LogP contribution is 2.28. The van der Waals surface area contributed by atoms with Crippen LogP contribution in [0.4, 0.5) is 11.4 Å². The summed E-state index contributed by atoms with van der Waals surface area (Å²) in [5, 5.41) is 11.1. The van der Waals surface area contributed by atoms with E-state index in [0.29, 0.717) is 0 Å². The summed E-state index contributed by atoms with van der Waals surface area (Å²) in [7, 11) is 0. The highest BCUT2D eigenvalue weighted by molar-refractivity contribution is 5.63. The molecule has 110 valence electrons. The van der Waals surface area contributed by atoms with Gasteiger partial charge >= 0.3 is 0 Å². The minimum Gasteiger partial charge on any atom is -0.363 e. The van der Waals surface area contributed by atoms with Crippen molar-refractivity contribution in [3.8, 4) is 0 Å². The number of nitrogens with zero attached hydrogens (tertiary/aromatic N) is 3. The fourth-order valence-electron chi connectivity index (χ4n) is 2.58. The van der Waals surface area contributed by atoms with Gasteiger partial charge in [0.25, 0.3) is 5.69 Å². The average molecular weight is 278 g/mol. The second kappa shape index (κ2) is 7.21. The van der Waals surface area contributed by atoms with Crippen LogP contribution in [0.15, 0.2) is 24.3 Å². The summed E-state index contributed by atoms with van der Waals surface area (Å²) in [6.45, 7) is 5.41. The molecule has 1 aromatic carbocycles. The van der Waals surface area contributed by atoms with Crippen LogP contribution in [-0.4, -0.2) is 49.1 Å². The third kappa shape index (κ3) is 3.68. The zero-order valence-electron chi connectivity index (χ0n) is 11.7. The van der Waals surface area contributed by atoms with Crippen LogP contribution < -0.4 is 10.6 Å². The molecule has 0 aliphatic carbocycles. The van der Waals surface area contributed by atoms with E-state index in [0.717, 1.165) is 57.8 Å². The molecule has 2 rings (SSSR count). The first-order valence-electron chi connectivity index (χ1n) is 7.13. The lowest BCUT2D eigenvalue weighted by atomic mass is 10.2. The van der Waals surface area contributed by atoms with Crippen molar-refractivity contribution in [3.05, 3.63) is 34.4 Å². The van der Waals surface area contributed by atoms with Gasteiger partial charge in [-0.2, -0.15) is 0 Å². The van der Waals surface area contributed by atoms with Crippen LogP contribution in [0.1, 0.15) is 12.8 Å². The van der Waals surface area contributed by atoms with Gasteiger partial charge in [-0.25, -0.2) is 0 Å². The SMILES string of the molecule is NCCCCN1CCN(c2ccccc2[N+](=O)[O-])CC1. The summed E-state index contributed by atoms with van der Waals surface area (Å²) in [6.07, 6.45) is 2.19. The number of nitro groups is 1. The van der Waals surface area contributed by atoms with Gasteiger partial charge in [0.1, 0.15) is 5.69 Å². The van der Waals surface area contributed by atoms with Crippen molar-refractivity contribution < 1.29 is 4.92 Å². The molecule has 1 aromatic rings. The fourth-order valence-corrected chi connectivity index (χ4v) is 2.58. The summed E-state index contributed by atoms with van der Waals surface area (Å²) in [6, 6.07) is 6.98. The minimum atomic E-state index is -0.303. The number of rotatable bonds is 6. The van der Waals surface area contributed by atoms with Crippen molar-refractivity contribution in [2.45, 2.75) is 12.8 Å². The molecule has 6 nitrogen and oxygen atoms in total. The number of hydrogen-bond donors (Lipinski definition) is 1. The molecule has 0 atom stereocenters. The van der Waals surface area contributed by atoms with Crippen LogP contribution in [0.25, 0.3) is 0 Å². The predicted octanol–water partition coefficient (Wildman–Crippen LogP) is 1.46. The lowest BCUT2D eigenvalue weighted by molar-refractivity contribution is -0.384. The summed E-state index contributed by atoms with van der Waals surface area (Å²) in [5.41, 5.74) is 6.43. The molecular formula is C14H22N4O2. The third-order valence-electron chi connectivity index (χ3n) is 3.72. The number of hydrogen-bond acceptors (Lipinski definition) is 5. The molecule has 0 spiro atoms. The van der Waals surface area contributed by atoms with E-state index < -0.39 is 0 Å². The first kappa shape index (κ1) is 14.7. The van der Waals surface area contributed by atoms with E-state index >= 15 is 0 Å². The molecule has 1 heterocycles. The van der Waals surface area contributed by atoms with E-state index in [1.165, 1.54) is 0 Å². The predicted molar refractivity (Wildman–Crippen MR) is 80.0 cm³/mol. The molecule has 1 aliphatic heterocycles. The number of piperazine rings is 1. The zero-order chi connectivity index (χ0) is 14.4. The quantitative estimate of drug-likeness (QED) is 0.484. The van der Waals surface area contributed by atoms with Gasteiger partial charge in [0.15, 0.2) is 0 Å². The fraction of sp³-hybridized carbons (Fsp3) is 0.571. The van der Waals surface area contributed by atoms with Gasteiger partial charge in [-0.3, -0.25) is 15.0 Å². The molecule has 0 unspecified atom stereocenters. The van der Waals surface area contributed by atoms with Gasteiger partial charge in [0, 0.05) is 32.2 Å². The van der Waals surface area contributed by atoms with Gasteiger partial charge in [0.2, 0.25) is 0 Å². The van der Waals surface area contributed by atoms with Crippen LogP contribution >= 0.6 is 0 Å². The second-order valence-electron chi connectivity index (χ2n) is 5.07. The molecule has 1 aliphatic rings. The molecule has 6 heteroatoms. The highest BCUT2D eigenvalue weighted by Gasteiger charge is 2.22. The molecular weight excluding hydrogens is 256 g/mol. The standard InChI is InChI=1S/C14H22N4O2/c15-7-3-4-8-16-9-11-17(12-10-16)13-5-1-2-6-14(13)18(19)20/h1-2,5-6H,3-4,7-12,15H2. The van der Waals surface area contributed by atoms with Gasteiger partial charge in [-0.1, -0.05) is 12.1 Å². The zero-order valence-corrected chi connectivity index (χ0v) is 11.7. The Morgan fingerprint density at radius 1 is 1.15 bits per heavy atom. The number of para-hydroxylation sites is 2. The molecule has 1 saturated heterocycles. The van der Waals surface area contributed by atoms with E-state index in [-0.39, 0.29) is 10.6 Å².